The van der Waals surface area contributed by atoms with E-state index in [1.165, 1.54) is 18.3 Å². The summed E-state index contributed by atoms with van der Waals surface area (Å²) in [5.74, 6) is 0.404. The zero-order valence-electron chi connectivity index (χ0n) is 17.3. The summed E-state index contributed by atoms with van der Waals surface area (Å²) in [4.78, 5) is 10.8. The van der Waals surface area contributed by atoms with E-state index in [0.717, 1.165) is 5.69 Å². The third-order valence-corrected chi connectivity index (χ3v) is 7.05. The van der Waals surface area contributed by atoms with Crippen molar-refractivity contribution in [3.05, 3.63) is 76.5 Å². The molecule has 0 bridgehead atoms. The van der Waals surface area contributed by atoms with Crippen molar-refractivity contribution in [2.45, 2.75) is 12.5 Å². The molecule has 0 spiro atoms. The molecule has 0 saturated carbocycles. The van der Waals surface area contributed by atoms with Gasteiger partial charge < -0.3 is 5.32 Å². The van der Waals surface area contributed by atoms with E-state index >= 15 is 0 Å². The number of para-hydroxylation sites is 1. The smallest absolute Gasteiger partial charge is 0.270 e. The first-order chi connectivity index (χ1) is 15.8. The van der Waals surface area contributed by atoms with Crippen LogP contribution in [-0.4, -0.2) is 48.1 Å². The Morgan fingerprint density at radius 1 is 1.30 bits per heavy atom. The Morgan fingerprint density at radius 3 is 2.79 bits per heavy atom. The molecule has 1 aliphatic heterocycles. The zero-order valence-corrected chi connectivity index (χ0v) is 19.0. The molecule has 2 atom stereocenters. The predicted octanol–water partition coefficient (Wildman–Crippen LogP) is 2.99. The first kappa shape index (κ1) is 22.7. The van der Waals surface area contributed by atoms with Crippen LogP contribution < -0.4 is 10.7 Å². The second kappa shape index (κ2) is 9.57. The summed E-state index contributed by atoms with van der Waals surface area (Å²) in [5, 5.41) is 23.2. The van der Waals surface area contributed by atoms with Gasteiger partial charge in [0.25, 0.3) is 5.69 Å². The topological polar surface area (TPSA) is 135 Å². The van der Waals surface area contributed by atoms with Crippen molar-refractivity contribution in [3.8, 4) is 16.9 Å². The molecule has 10 nitrogen and oxygen atoms in total. The van der Waals surface area contributed by atoms with Crippen LogP contribution in [0.25, 0.3) is 16.9 Å². The molecule has 3 aromatic rings. The van der Waals surface area contributed by atoms with E-state index in [0.29, 0.717) is 23.2 Å². The number of nitro benzene ring substituents is 1. The first-order valence-corrected chi connectivity index (χ1v) is 12.3. The second-order valence-electron chi connectivity index (χ2n) is 7.49. The summed E-state index contributed by atoms with van der Waals surface area (Å²) in [6, 6.07) is 15.5. The lowest BCUT2D eigenvalue weighted by atomic mass is 10.1. The van der Waals surface area contributed by atoms with Crippen LogP contribution in [0.4, 0.5) is 5.69 Å². The SMILES string of the molecule is O=[N+]([O-])c1cccc(-c2nn(-c3ccccc3)cc2/C=N\NC(=S)N[C@@H]2CC[S+](=O)(O)C2)c1. The van der Waals surface area contributed by atoms with Gasteiger partial charge in [-0.25, -0.2) is 4.68 Å². The number of nitrogens with zero attached hydrogens (tertiary/aromatic N) is 4. The molecule has 3 N–H and O–H groups in total. The average Bonchev–Trinajstić information content (AvgIpc) is 3.37. The molecule has 1 aliphatic rings. The maximum atomic E-state index is 11.7. The van der Waals surface area contributed by atoms with Crippen LogP contribution in [0.2, 0.25) is 0 Å². The Balaban J connectivity index is 1.56. The average molecular weight is 486 g/mol. The fourth-order valence-corrected chi connectivity index (χ4v) is 5.40. The standard InChI is InChI=1S/C21H20N6O4S2/c28-27(29)19-8-4-5-15(11-19)20-16(13-26(25-20)18-6-2-1-3-7-18)12-22-24-21(32)23-17-9-10-33(30,31)14-17/h1-8,11-13,17H,9-10,14H2,(H2-,23,24,30,31,32)/p+1/b22-12-/t17-/m1/s1. The summed E-state index contributed by atoms with van der Waals surface area (Å²) in [6.45, 7) is 0. The van der Waals surface area contributed by atoms with Gasteiger partial charge in [0.05, 0.1) is 22.9 Å². The molecular weight excluding hydrogens is 464 g/mol. The van der Waals surface area contributed by atoms with Crippen LogP contribution in [0, 0.1) is 10.1 Å². The molecule has 1 fully saturated rings. The maximum Gasteiger partial charge on any atom is 0.270 e. The summed E-state index contributed by atoms with van der Waals surface area (Å²) >= 11 is 5.23. The Hall–Kier alpha value is -3.48. The number of nitrogens with one attached hydrogen (secondary N) is 2. The van der Waals surface area contributed by atoms with Gasteiger partial charge in [-0.1, -0.05) is 34.5 Å². The number of non-ortho nitro benzene ring substituents is 1. The predicted molar refractivity (Wildman–Crippen MR) is 131 cm³/mol. The minimum absolute atomic E-state index is 0.0369. The van der Waals surface area contributed by atoms with E-state index in [1.807, 2.05) is 30.3 Å². The molecular formula is C21H21N6O4S2+. The van der Waals surface area contributed by atoms with Crippen LogP contribution in [0.3, 0.4) is 0 Å². The lowest BCUT2D eigenvalue weighted by Gasteiger charge is -2.10. The van der Waals surface area contributed by atoms with Gasteiger partial charge in [-0.15, -0.1) is 0 Å². The molecule has 1 aromatic heterocycles. The third kappa shape index (κ3) is 5.66. The number of aromatic nitrogens is 2. The summed E-state index contributed by atoms with van der Waals surface area (Å²) in [5.41, 5.74) is 5.21. The molecule has 0 radical (unpaired) electrons. The highest BCUT2D eigenvalue weighted by molar-refractivity contribution is 7.98. The summed E-state index contributed by atoms with van der Waals surface area (Å²) in [6.07, 6.45) is 3.85. The van der Waals surface area contributed by atoms with Crippen LogP contribution in [0.15, 0.2) is 65.9 Å². The number of thiocarbonyl (C=S) groups is 1. The maximum absolute atomic E-state index is 11.7. The van der Waals surface area contributed by atoms with Gasteiger partial charge in [0.2, 0.25) is 10.2 Å². The largest absolute Gasteiger partial charge is 0.354 e. The van der Waals surface area contributed by atoms with Crippen molar-refractivity contribution < 1.29 is 13.7 Å². The number of nitro groups is 1. The van der Waals surface area contributed by atoms with Gasteiger partial charge in [-0.2, -0.15) is 14.8 Å². The van der Waals surface area contributed by atoms with Crippen molar-refractivity contribution >= 4 is 39.4 Å². The van der Waals surface area contributed by atoms with Crippen molar-refractivity contribution in [1.82, 2.24) is 20.5 Å². The van der Waals surface area contributed by atoms with E-state index in [4.69, 9.17) is 12.2 Å². The van der Waals surface area contributed by atoms with Crippen LogP contribution in [0.1, 0.15) is 12.0 Å². The quantitative estimate of drug-likeness (QED) is 0.159. The highest BCUT2D eigenvalue weighted by Gasteiger charge is 2.38. The Morgan fingerprint density at radius 2 is 2.09 bits per heavy atom. The van der Waals surface area contributed by atoms with Gasteiger partial charge in [0.15, 0.2) is 10.9 Å². The van der Waals surface area contributed by atoms with E-state index in [9.17, 15) is 18.9 Å². The third-order valence-electron chi connectivity index (χ3n) is 5.05. The van der Waals surface area contributed by atoms with E-state index in [2.05, 4.69) is 20.9 Å². The van der Waals surface area contributed by atoms with E-state index in [1.54, 1.807) is 23.0 Å². The number of benzene rings is 2. The number of hydrazone groups is 1. The highest BCUT2D eigenvalue weighted by atomic mass is 32.3. The second-order valence-corrected chi connectivity index (χ2v) is 10.2. The number of rotatable bonds is 6. The molecule has 4 rings (SSSR count). The molecule has 2 heterocycles. The Bertz CT molecular complexity index is 1260. The van der Waals surface area contributed by atoms with Crippen molar-refractivity contribution in [3.63, 3.8) is 0 Å². The minimum Gasteiger partial charge on any atom is -0.354 e. The van der Waals surface area contributed by atoms with Crippen LogP contribution in [-0.2, 0) is 14.4 Å². The van der Waals surface area contributed by atoms with Gasteiger partial charge in [0.1, 0.15) is 11.4 Å². The van der Waals surface area contributed by atoms with Crippen molar-refractivity contribution in [2.75, 3.05) is 11.5 Å². The molecule has 12 heteroatoms. The lowest BCUT2D eigenvalue weighted by Crippen LogP contribution is -2.40. The summed E-state index contributed by atoms with van der Waals surface area (Å²) < 4.78 is 23.0. The zero-order chi connectivity index (χ0) is 23.4. The van der Waals surface area contributed by atoms with Gasteiger partial charge >= 0.3 is 0 Å². The number of hydrogen-bond acceptors (Lipinski definition) is 6. The van der Waals surface area contributed by atoms with Crippen LogP contribution in [0.5, 0.6) is 0 Å². The van der Waals surface area contributed by atoms with E-state index < -0.39 is 15.1 Å². The van der Waals surface area contributed by atoms with Crippen molar-refractivity contribution in [2.24, 2.45) is 5.10 Å². The molecule has 2 aromatic carbocycles. The molecule has 1 saturated heterocycles. The molecule has 33 heavy (non-hydrogen) atoms. The molecule has 1 unspecified atom stereocenters. The van der Waals surface area contributed by atoms with Gasteiger partial charge in [-0.3, -0.25) is 15.5 Å². The van der Waals surface area contributed by atoms with Gasteiger partial charge in [0, 0.05) is 35.9 Å². The van der Waals surface area contributed by atoms with Crippen molar-refractivity contribution in [1.29, 1.82) is 0 Å². The highest BCUT2D eigenvalue weighted by Crippen LogP contribution is 2.26. The number of hydrogen-bond donors (Lipinski definition) is 3. The monoisotopic (exact) mass is 485 g/mol. The molecule has 0 aliphatic carbocycles. The lowest BCUT2D eigenvalue weighted by molar-refractivity contribution is -0.384. The Labute approximate surface area is 196 Å². The Kier molecular flexibility index (Phi) is 6.58. The van der Waals surface area contributed by atoms with Crippen LogP contribution >= 0.6 is 12.2 Å². The fraction of sp³-hybridized carbons (Fsp3) is 0.190. The minimum atomic E-state index is -2.77. The molecule has 0 amide bonds. The molecule has 170 valence electrons. The normalized spacial score (nSPS) is 20.1. The van der Waals surface area contributed by atoms with Gasteiger partial charge in [-0.05, 0) is 24.4 Å². The first-order valence-electron chi connectivity index (χ1n) is 10.0. The summed E-state index contributed by atoms with van der Waals surface area (Å²) in [7, 11) is -2.77. The fourth-order valence-electron chi connectivity index (χ4n) is 3.49. The van der Waals surface area contributed by atoms with E-state index in [-0.39, 0.29) is 28.3 Å².